The molecule has 2 N–H and O–H groups in total. The maximum atomic E-state index is 9.84. The first kappa shape index (κ1) is 14.0. The van der Waals surface area contributed by atoms with Gasteiger partial charge in [-0.2, -0.15) is 0 Å². The van der Waals surface area contributed by atoms with Gasteiger partial charge in [0.05, 0.1) is 18.8 Å². The zero-order valence-electron chi connectivity index (χ0n) is 11.3. The molecule has 2 rings (SSSR count). The molecule has 1 fully saturated rings. The lowest BCUT2D eigenvalue weighted by Gasteiger charge is -2.20. The minimum atomic E-state index is -0.357. The van der Waals surface area contributed by atoms with Crippen LogP contribution in [0.1, 0.15) is 44.9 Å². The highest BCUT2D eigenvalue weighted by atomic mass is 16.5. The van der Waals surface area contributed by atoms with Crippen LogP contribution in [0, 0.1) is 5.92 Å². The van der Waals surface area contributed by atoms with E-state index in [1.165, 1.54) is 44.9 Å². The Bertz CT molecular complexity index is 249. The predicted molar refractivity (Wildman–Crippen MR) is 73.6 cm³/mol. The van der Waals surface area contributed by atoms with Gasteiger partial charge in [-0.1, -0.05) is 25.0 Å². The van der Waals surface area contributed by atoms with Crippen LogP contribution in [0.2, 0.25) is 0 Å². The van der Waals surface area contributed by atoms with Crippen LogP contribution in [0.25, 0.3) is 0 Å². The van der Waals surface area contributed by atoms with E-state index in [9.17, 15) is 5.11 Å². The summed E-state index contributed by atoms with van der Waals surface area (Å²) in [6.45, 7) is 2.17. The van der Waals surface area contributed by atoms with Crippen molar-refractivity contribution in [1.82, 2.24) is 5.32 Å². The molecule has 2 atom stereocenters. The fourth-order valence-electron chi connectivity index (χ4n) is 2.86. The Balaban J connectivity index is 1.48. The van der Waals surface area contributed by atoms with E-state index in [-0.39, 0.29) is 6.10 Å². The molecule has 0 aromatic heterocycles. The maximum Gasteiger partial charge on any atom is 0.0897 e. The molecule has 3 heteroatoms. The molecule has 0 aliphatic heterocycles. The van der Waals surface area contributed by atoms with Gasteiger partial charge in [0.25, 0.3) is 0 Å². The van der Waals surface area contributed by atoms with Crippen molar-refractivity contribution in [2.75, 3.05) is 19.7 Å². The minimum Gasteiger partial charge on any atom is -0.389 e. The van der Waals surface area contributed by atoms with Gasteiger partial charge in [0.2, 0.25) is 0 Å². The van der Waals surface area contributed by atoms with Gasteiger partial charge < -0.3 is 15.2 Å². The largest absolute Gasteiger partial charge is 0.389 e. The van der Waals surface area contributed by atoms with Crippen LogP contribution in [-0.4, -0.2) is 37.0 Å². The molecule has 1 saturated carbocycles. The summed E-state index contributed by atoms with van der Waals surface area (Å²) < 4.78 is 5.71. The first-order valence-corrected chi connectivity index (χ1v) is 7.50. The van der Waals surface area contributed by atoms with Gasteiger partial charge in [0, 0.05) is 6.54 Å². The number of ether oxygens (including phenoxy) is 1. The second kappa shape index (κ2) is 7.93. The molecule has 104 valence electrons. The number of nitrogens with one attached hydrogen (secondary N) is 1. The van der Waals surface area contributed by atoms with E-state index in [4.69, 9.17) is 4.74 Å². The van der Waals surface area contributed by atoms with E-state index in [0.29, 0.717) is 19.3 Å². The molecule has 2 unspecified atom stereocenters. The Morgan fingerprint density at radius 2 is 2.06 bits per heavy atom. The molecule has 0 aromatic rings. The Morgan fingerprint density at radius 3 is 2.78 bits per heavy atom. The van der Waals surface area contributed by atoms with Gasteiger partial charge in [0.1, 0.15) is 0 Å². The summed E-state index contributed by atoms with van der Waals surface area (Å²) in [5, 5.41) is 13.2. The highest BCUT2D eigenvalue weighted by Gasteiger charge is 2.17. The second-order valence-corrected chi connectivity index (χ2v) is 5.70. The molecular weight excluding hydrogens is 226 g/mol. The van der Waals surface area contributed by atoms with Crippen LogP contribution >= 0.6 is 0 Å². The molecule has 18 heavy (non-hydrogen) atoms. The fraction of sp³-hybridized carbons (Fsp3) is 0.867. The number of allylic oxidation sites excluding steroid dienone is 2. The van der Waals surface area contributed by atoms with Gasteiger partial charge in [-0.25, -0.2) is 0 Å². The number of rotatable bonds is 7. The summed E-state index contributed by atoms with van der Waals surface area (Å²) in [6, 6.07) is 0. The van der Waals surface area contributed by atoms with Crippen molar-refractivity contribution in [1.29, 1.82) is 0 Å². The molecule has 0 aromatic carbocycles. The van der Waals surface area contributed by atoms with Crippen LogP contribution in [0.5, 0.6) is 0 Å². The Kier molecular flexibility index (Phi) is 6.18. The molecule has 0 bridgehead atoms. The van der Waals surface area contributed by atoms with Crippen molar-refractivity contribution in [2.45, 2.75) is 57.2 Å². The lowest BCUT2D eigenvalue weighted by atomic mass is 9.94. The molecule has 0 saturated heterocycles. The molecule has 0 heterocycles. The van der Waals surface area contributed by atoms with Crippen molar-refractivity contribution in [3.63, 3.8) is 0 Å². The van der Waals surface area contributed by atoms with Crippen LogP contribution in [0.15, 0.2) is 12.2 Å². The topological polar surface area (TPSA) is 41.5 Å². The third kappa shape index (κ3) is 5.09. The standard InChI is InChI=1S/C15H27NO2/c17-14(12-18-15-8-4-5-9-15)11-16-10-13-6-2-1-3-7-13/h1-2,13-17H,3-12H2. The maximum absolute atomic E-state index is 9.84. The number of aliphatic hydroxyl groups is 1. The van der Waals surface area contributed by atoms with Gasteiger partial charge in [-0.3, -0.25) is 0 Å². The molecule has 0 amide bonds. The zero-order valence-corrected chi connectivity index (χ0v) is 11.3. The summed E-state index contributed by atoms with van der Waals surface area (Å²) in [6.07, 6.45) is 13.2. The molecular formula is C15H27NO2. The van der Waals surface area contributed by atoms with Gasteiger partial charge in [-0.15, -0.1) is 0 Å². The fourth-order valence-corrected chi connectivity index (χ4v) is 2.86. The smallest absolute Gasteiger partial charge is 0.0897 e. The molecule has 3 nitrogen and oxygen atoms in total. The summed E-state index contributed by atoms with van der Waals surface area (Å²) in [5.41, 5.74) is 0. The van der Waals surface area contributed by atoms with E-state index in [0.717, 1.165) is 12.5 Å². The average Bonchev–Trinajstić information content (AvgIpc) is 2.91. The van der Waals surface area contributed by atoms with E-state index >= 15 is 0 Å². The lowest BCUT2D eigenvalue weighted by Crippen LogP contribution is -2.34. The second-order valence-electron chi connectivity index (χ2n) is 5.70. The first-order chi connectivity index (χ1) is 8.84. The van der Waals surface area contributed by atoms with Gasteiger partial charge >= 0.3 is 0 Å². The number of hydrogen-bond donors (Lipinski definition) is 2. The van der Waals surface area contributed by atoms with E-state index in [1.807, 2.05) is 0 Å². The van der Waals surface area contributed by atoms with Crippen molar-refractivity contribution >= 4 is 0 Å². The molecule has 2 aliphatic rings. The molecule has 0 spiro atoms. The summed E-state index contributed by atoms with van der Waals surface area (Å²) >= 11 is 0. The van der Waals surface area contributed by atoms with Crippen molar-refractivity contribution in [3.05, 3.63) is 12.2 Å². The first-order valence-electron chi connectivity index (χ1n) is 7.50. The van der Waals surface area contributed by atoms with Crippen LogP contribution < -0.4 is 5.32 Å². The Morgan fingerprint density at radius 1 is 1.22 bits per heavy atom. The normalized spacial score (nSPS) is 26.6. The average molecular weight is 253 g/mol. The quantitative estimate of drug-likeness (QED) is 0.684. The van der Waals surface area contributed by atoms with Crippen molar-refractivity contribution < 1.29 is 9.84 Å². The number of hydrogen-bond acceptors (Lipinski definition) is 3. The Labute approximate surface area is 111 Å². The summed E-state index contributed by atoms with van der Waals surface area (Å²) in [5.74, 6) is 0.748. The van der Waals surface area contributed by atoms with Crippen molar-refractivity contribution in [2.24, 2.45) is 5.92 Å². The van der Waals surface area contributed by atoms with Crippen LogP contribution in [-0.2, 0) is 4.74 Å². The number of aliphatic hydroxyl groups excluding tert-OH is 1. The highest BCUT2D eigenvalue weighted by Crippen LogP contribution is 2.21. The minimum absolute atomic E-state index is 0.357. The van der Waals surface area contributed by atoms with Crippen LogP contribution in [0.3, 0.4) is 0 Å². The summed E-state index contributed by atoms with van der Waals surface area (Å²) in [7, 11) is 0. The summed E-state index contributed by atoms with van der Waals surface area (Å²) in [4.78, 5) is 0. The molecule has 0 radical (unpaired) electrons. The van der Waals surface area contributed by atoms with E-state index in [2.05, 4.69) is 17.5 Å². The lowest BCUT2D eigenvalue weighted by molar-refractivity contribution is -0.00563. The van der Waals surface area contributed by atoms with E-state index < -0.39 is 0 Å². The SMILES string of the molecule is OC(CNCC1CC=CCC1)COC1CCCC1. The monoisotopic (exact) mass is 253 g/mol. The van der Waals surface area contributed by atoms with Gasteiger partial charge in [0.15, 0.2) is 0 Å². The third-order valence-corrected chi connectivity index (χ3v) is 4.02. The van der Waals surface area contributed by atoms with Gasteiger partial charge in [-0.05, 0) is 44.6 Å². The molecule has 2 aliphatic carbocycles. The Hall–Kier alpha value is -0.380. The highest BCUT2D eigenvalue weighted by molar-refractivity contribution is 4.90. The zero-order chi connectivity index (χ0) is 12.6. The van der Waals surface area contributed by atoms with Crippen molar-refractivity contribution in [3.8, 4) is 0 Å². The predicted octanol–water partition coefficient (Wildman–Crippen LogP) is 2.25. The van der Waals surface area contributed by atoms with E-state index in [1.54, 1.807) is 0 Å². The van der Waals surface area contributed by atoms with Crippen LogP contribution in [0.4, 0.5) is 0 Å². The third-order valence-electron chi connectivity index (χ3n) is 4.02.